The maximum Gasteiger partial charge on any atom is 0.106 e. The van der Waals surface area contributed by atoms with E-state index in [4.69, 9.17) is 0 Å². The van der Waals surface area contributed by atoms with Gasteiger partial charge in [0.05, 0.1) is 10.8 Å². The van der Waals surface area contributed by atoms with Crippen LogP contribution in [0.3, 0.4) is 0 Å². The van der Waals surface area contributed by atoms with Crippen LogP contribution in [0.4, 0.5) is 0 Å². The highest BCUT2D eigenvalue weighted by molar-refractivity contribution is 8.03. The highest BCUT2D eigenvalue weighted by Gasteiger charge is 2.06. The number of allylic oxidation sites excluding steroid dienone is 1. The van der Waals surface area contributed by atoms with Gasteiger partial charge in [-0.1, -0.05) is 0 Å². The van der Waals surface area contributed by atoms with Crippen molar-refractivity contribution in [3.63, 3.8) is 0 Å². The predicted molar refractivity (Wildman–Crippen MR) is 35.0 cm³/mol. The van der Waals surface area contributed by atoms with E-state index in [0.29, 0.717) is 5.04 Å². The molecule has 1 heterocycles. The summed E-state index contributed by atoms with van der Waals surface area (Å²) >= 11 is 0. The number of nitrogens with zero attached hydrogens (tertiary/aromatic N) is 1. The quantitative estimate of drug-likeness (QED) is 0.480. The third-order valence-electron chi connectivity index (χ3n) is 0.903. The highest BCUT2D eigenvalue weighted by Crippen LogP contribution is 2.08. The zero-order valence-corrected chi connectivity index (χ0v) is 5.66. The maximum absolute atomic E-state index is 10.7. The zero-order valence-electron chi connectivity index (χ0n) is 4.84. The minimum Gasteiger partial charge on any atom is -0.248 e. The van der Waals surface area contributed by atoms with Gasteiger partial charge in [-0.2, -0.15) is 0 Å². The van der Waals surface area contributed by atoms with E-state index < -0.39 is 10.8 Å². The number of aliphatic imine (C=N–C) groups is 1. The van der Waals surface area contributed by atoms with Crippen LogP contribution >= 0.6 is 0 Å². The zero-order chi connectivity index (χ0) is 6.15. The third-order valence-corrected chi connectivity index (χ3v) is 2.13. The van der Waals surface area contributed by atoms with Crippen molar-refractivity contribution in [3.8, 4) is 0 Å². The highest BCUT2D eigenvalue weighted by atomic mass is 32.2. The second-order valence-corrected chi connectivity index (χ2v) is 3.11. The van der Waals surface area contributed by atoms with E-state index in [9.17, 15) is 4.21 Å². The third kappa shape index (κ3) is 0.865. The van der Waals surface area contributed by atoms with Gasteiger partial charge in [-0.3, -0.25) is 0 Å². The Bertz CT molecular complexity index is 190. The van der Waals surface area contributed by atoms with Crippen LogP contribution in [0.5, 0.6) is 0 Å². The minimum atomic E-state index is -0.910. The molecule has 3 heteroatoms. The largest absolute Gasteiger partial charge is 0.248 e. The molecular formula is C5H7NOS. The molecule has 0 saturated carbocycles. The molecule has 2 nitrogen and oxygen atoms in total. The molecule has 0 amide bonds. The lowest BCUT2D eigenvalue weighted by Crippen LogP contribution is -1.91. The van der Waals surface area contributed by atoms with E-state index >= 15 is 0 Å². The molecular weight excluding hydrogens is 122 g/mol. The van der Waals surface area contributed by atoms with E-state index in [2.05, 4.69) is 4.99 Å². The van der Waals surface area contributed by atoms with Crippen LogP contribution in [0, 0.1) is 0 Å². The average molecular weight is 129 g/mol. The first-order chi connectivity index (χ1) is 3.70. The summed E-state index contributed by atoms with van der Waals surface area (Å²) in [5, 5.41) is 2.36. The molecule has 44 valence electrons. The molecule has 0 bridgehead atoms. The fraction of sp³-hybridized carbons (Fsp3) is 0.400. The molecule has 0 fully saturated rings. The lowest BCUT2D eigenvalue weighted by Gasteiger charge is -1.79. The predicted octanol–water partition coefficient (Wildman–Crippen LogP) is 1.03. The van der Waals surface area contributed by atoms with Gasteiger partial charge in [-0.25, -0.2) is 9.20 Å². The molecule has 1 aliphatic rings. The van der Waals surface area contributed by atoms with Crippen molar-refractivity contribution in [2.45, 2.75) is 13.8 Å². The molecule has 8 heavy (non-hydrogen) atoms. The van der Waals surface area contributed by atoms with E-state index in [1.165, 1.54) is 0 Å². The Morgan fingerprint density at radius 3 is 2.38 bits per heavy atom. The smallest absolute Gasteiger partial charge is 0.106 e. The first kappa shape index (κ1) is 5.69. The Morgan fingerprint density at radius 2 is 2.25 bits per heavy atom. The summed E-state index contributed by atoms with van der Waals surface area (Å²) in [6.45, 7) is 3.61. The van der Waals surface area contributed by atoms with Crippen LogP contribution in [0.1, 0.15) is 13.8 Å². The number of rotatable bonds is 0. The molecule has 0 radical (unpaired) electrons. The fourth-order valence-corrected chi connectivity index (χ4v) is 1.33. The molecule has 0 saturated heterocycles. The monoisotopic (exact) mass is 129 g/mol. The molecule has 0 aromatic heterocycles. The molecule has 0 aromatic rings. The van der Waals surface area contributed by atoms with Gasteiger partial charge in [0.2, 0.25) is 0 Å². The standard InChI is InChI=1S/C5H7NOS/c1-4-3-8(7)5(2)6-4/h3H,1-2H3. The molecule has 1 aliphatic heterocycles. The molecule has 0 aliphatic carbocycles. The van der Waals surface area contributed by atoms with Crippen LogP contribution < -0.4 is 0 Å². The first-order valence-electron chi connectivity index (χ1n) is 2.34. The first-order valence-corrected chi connectivity index (χ1v) is 3.56. The van der Waals surface area contributed by atoms with E-state index in [-0.39, 0.29) is 0 Å². The molecule has 0 N–H and O–H groups in total. The van der Waals surface area contributed by atoms with Gasteiger partial charge in [0.25, 0.3) is 0 Å². The van der Waals surface area contributed by atoms with Crippen LogP contribution in [0.15, 0.2) is 16.1 Å². The topological polar surface area (TPSA) is 29.4 Å². The van der Waals surface area contributed by atoms with Gasteiger partial charge in [0.15, 0.2) is 0 Å². The van der Waals surface area contributed by atoms with Crippen molar-refractivity contribution >= 4 is 15.8 Å². The van der Waals surface area contributed by atoms with Crippen molar-refractivity contribution in [2.24, 2.45) is 4.99 Å². The molecule has 1 rings (SSSR count). The summed E-state index contributed by atoms with van der Waals surface area (Å²) in [4.78, 5) is 3.95. The Hall–Kier alpha value is -0.440. The minimum absolute atomic E-state index is 0.711. The SMILES string of the molecule is CC1=CS(=O)C(C)=N1. The maximum atomic E-state index is 10.7. The van der Waals surface area contributed by atoms with Crippen LogP contribution in [-0.2, 0) is 10.8 Å². The van der Waals surface area contributed by atoms with Gasteiger partial charge >= 0.3 is 0 Å². The van der Waals surface area contributed by atoms with E-state index in [1.54, 1.807) is 12.3 Å². The summed E-state index contributed by atoms with van der Waals surface area (Å²) in [5.41, 5.74) is 0.862. The van der Waals surface area contributed by atoms with Gasteiger partial charge in [-0.05, 0) is 13.8 Å². The van der Waals surface area contributed by atoms with Crippen molar-refractivity contribution in [3.05, 3.63) is 11.1 Å². The van der Waals surface area contributed by atoms with Crippen LogP contribution in [0.25, 0.3) is 0 Å². The second-order valence-electron chi connectivity index (χ2n) is 1.69. The fourth-order valence-electron chi connectivity index (χ4n) is 0.560. The van der Waals surface area contributed by atoms with E-state index in [1.807, 2.05) is 6.92 Å². The van der Waals surface area contributed by atoms with Gasteiger partial charge < -0.3 is 0 Å². The number of hydrogen-bond acceptors (Lipinski definition) is 2. The molecule has 0 spiro atoms. The summed E-state index contributed by atoms with van der Waals surface area (Å²) in [7, 11) is -0.910. The summed E-state index contributed by atoms with van der Waals surface area (Å²) in [5.74, 6) is 0. The Labute approximate surface area is 50.8 Å². The Morgan fingerprint density at radius 1 is 1.62 bits per heavy atom. The van der Waals surface area contributed by atoms with Gasteiger partial charge in [0.1, 0.15) is 5.04 Å². The van der Waals surface area contributed by atoms with E-state index in [0.717, 1.165) is 5.70 Å². The van der Waals surface area contributed by atoms with Crippen molar-refractivity contribution in [1.29, 1.82) is 0 Å². The van der Waals surface area contributed by atoms with Crippen LogP contribution in [0.2, 0.25) is 0 Å². The van der Waals surface area contributed by atoms with Crippen molar-refractivity contribution in [1.82, 2.24) is 0 Å². The molecule has 1 atom stereocenters. The summed E-state index contributed by atoms with van der Waals surface area (Å²) < 4.78 is 10.7. The lowest BCUT2D eigenvalue weighted by molar-refractivity contribution is 0.694. The Kier molecular flexibility index (Phi) is 1.29. The lowest BCUT2D eigenvalue weighted by atomic mass is 10.6. The van der Waals surface area contributed by atoms with Gasteiger partial charge in [-0.15, -0.1) is 0 Å². The molecule has 0 aromatic carbocycles. The normalized spacial score (nSPS) is 27.5. The number of hydrogen-bond donors (Lipinski definition) is 0. The Balaban J connectivity index is 2.95. The van der Waals surface area contributed by atoms with Gasteiger partial charge in [0, 0.05) is 11.1 Å². The summed E-state index contributed by atoms with van der Waals surface area (Å²) in [6, 6.07) is 0. The second kappa shape index (κ2) is 1.82. The average Bonchev–Trinajstić information content (AvgIpc) is 1.85. The molecule has 1 unspecified atom stereocenters. The van der Waals surface area contributed by atoms with Crippen molar-refractivity contribution < 1.29 is 4.21 Å². The van der Waals surface area contributed by atoms with Crippen LogP contribution in [-0.4, -0.2) is 9.25 Å². The van der Waals surface area contributed by atoms with Crippen molar-refractivity contribution in [2.75, 3.05) is 0 Å². The summed E-state index contributed by atoms with van der Waals surface area (Å²) in [6.07, 6.45) is 0.